The third kappa shape index (κ3) is 2.95. The summed E-state index contributed by atoms with van der Waals surface area (Å²) in [4.78, 5) is 3.64. The Bertz CT molecular complexity index is 361. The minimum Gasteiger partial charge on any atom is -0.312 e. The maximum atomic E-state index is 12.6. The molecular formula is C11H15F3N2. The first kappa shape index (κ1) is 13.0. The highest BCUT2D eigenvalue weighted by Gasteiger charge is 2.33. The summed E-state index contributed by atoms with van der Waals surface area (Å²) in [5.41, 5.74) is 0.262. The van der Waals surface area contributed by atoms with Crippen LogP contribution >= 0.6 is 0 Å². The van der Waals surface area contributed by atoms with Crippen molar-refractivity contribution < 1.29 is 13.2 Å². The van der Waals surface area contributed by atoms with E-state index in [2.05, 4.69) is 10.3 Å². The molecule has 0 aromatic carbocycles. The molecule has 5 heteroatoms. The second-order valence-corrected chi connectivity index (χ2v) is 3.65. The molecule has 1 N–H and O–H groups in total. The van der Waals surface area contributed by atoms with E-state index < -0.39 is 11.9 Å². The summed E-state index contributed by atoms with van der Waals surface area (Å²) in [5, 5.41) is 2.88. The number of rotatable bonds is 3. The number of hydrogen-bond donors (Lipinski definition) is 1. The van der Waals surface area contributed by atoms with Crippen molar-refractivity contribution in [1.29, 1.82) is 0 Å². The molecule has 1 aromatic rings. The fraction of sp³-hybridized carbons (Fsp3) is 0.545. The lowest BCUT2D eigenvalue weighted by Gasteiger charge is -2.14. The topological polar surface area (TPSA) is 24.9 Å². The number of pyridine rings is 1. The van der Waals surface area contributed by atoms with Crippen LogP contribution in [0.2, 0.25) is 0 Å². The number of aryl methyl sites for hydroxylation is 1. The molecule has 0 saturated carbocycles. The summed E-state index contributed by atoms with van der Waals surface area (Å²) in [7, 11) is 1.69. The highest BCUT2D eigenvalue weighted by molar-refractivity contribution is 5.24. The maximum Gasteiger partial charge on any atom is 0.433 e. The number of halogens is 3. The zero-order valence-corrected chi connectivity index (χ0v) is 9.52. The van der Waals surface area contributed by atoms with Crippen LogP contribution < -0.4 is 5.32 Å². The van der Waals surface area contributed by atoms with Crippen molar-refractivity contribution in [1.82, 2.24) is 10.3 Å². The van der Waals surface area contributed by atoms with E-state index in [1.54, 1.807) is 20.0 Å². The van der Waals surface area contributed by atoms with Gasteiger partial charge in [0.2, 0.25) is 0 Å². The van der Waals surface area contributed by atoms with Crippen molar-refractivity contribution in [3.8, 4) is 0 Å². The van der Waals surface area contributed by atoms with E-state index in [0.717, 1.165) is 6.07 Å². The van der Waals surface area contributed by atoms with Gasteiger partial charge in [-0.3, -0.25) is 0 Å². The van der Waals surface area contributed by atoms with Crippen LogP contribution in [0.5, 0.6) is 0 Å². The SMILES string of the molecule is CCc1cc([C@@H](C)NC)nc(C(F)(F)F)c1. The largest absolute Gasteiger partial charge is 0.433 e. The third-order valence-corrected chi connectivity index (χ3v) is 2.48. The van der Waals surface area contributed by atoms with Crippen molar-refractivity contribution >= 4 is 0 Å². The van der Waals surface area contributed by atoms with Crippen LogP contribution in [0.4, 0.5) is 13.2 Å². The number of nitrogens with zero attached hydrogens (tertiary/aromatic N) is 1. The third-order valence-electron chi connectivity index (χ3n) is 2.48. The van der Waals surface area contributed by atoms with Gasteiger partial charge in [-0.15, -0.1) is 0 Å². The van der Waals surface area contributed by atoms with Crippen molar-refractivity contribution in [2.75, 3.05) is 7.05 Å². The van der Waals surface area contributed by atoms with Crippen molar-refractivity contribution in [2.45, 2.75) is 32.5 Å². The Kier molecular flexibility index (Phi) is 3.91. The van der Waals surface area contributed by atoms with Crippen LogP contribution in [0, 0.1) is 0 Å². The average Bonchev–Trinajstić information content (AvgIpc) is 2.26. The van der Waals surface area contributed by atoms with Gasteiger partial charge >= 0.3 is 6.18 Å². The van der Waals surface area contributed by atoms with Crippen LogP contribution in [-0.4, -0.2) is 12.0 Å². The molecule has 90 valence electrons. The van der Waals surface area contributed by atoms with E-state index in [1.165, 1.54) is 0 Å². The van der Waals surface area contributed by atoms with Crippen molar-refractivity contribution in [3.63, 3.8) is 0 Å². The second kappa shape index (κ2) is 4.82. The molecule has 0 fully saturated rings. The highest BCUT2D eigenvalue weighted by Crippen LogP contribution is 2.29. The van der Waals surface area contributed by atoms with E-state index in [1.807, 2.05) is 6.92 Å². The van der Waals surface area contributed by atoms with Crippen molar-refractivity contribution in [3.05, 3.63) is 29.1 Å². The zero-order chi connectivity index (χ0) is 12.3. The Balaban J connectivity index is 3.21. The van der Waals surface area contributed by atoms with Crippen LogP contribution in [0.1, 0.15) is 36.8 Å². The Morgan fingerprint density at radius 1 is 1.38 bits per heavy atom. The monoisotopic (exact) mass is 232 g/mol. The van der Waals surface area contributed by atoms with Gasteiger partial charge in [0, 0.05) is 6.04 Å². The number of nitrogens with one attached hydrogen (secondary N) is 1. The average molecular weight is 232 g/mol. The molecule has 1 aromatic heterocycles. The molecule has 0 unspecified atom stereocenters. The molecule has 2 nitrogen and oxygen atoms in total. The zero-order valence-electron chi connectivity index (χ0n) is 9.52. The molecule has 0 radical (unpaired) electrons. The molecule has 0 bridgehead atoms. The number of hydrogen-bond acceptors (Lipinski definition) is 2. The predicted octanol–water partition coefficient (Wildman–Crippen LogP) is 2.94. The van der Waals surface area contributed by atoms with Crippen LogP contribution in [0.15, 0.2) is 12.1 Å². The summed E-state index contributed by atoms with van der Waals surface area (Å²) in [6, 6.07) is 2.62. The molecule has 0 aliphatic rings. The van der Waals surface area contributed by atoms with Crippen LogP contribution in [0.3, 0.4) is 0 Å². The standard InChI is InChI=1S/C11H15F3N2/c1-4-8-5-9(7(2)15-3)16-10(6-8)11(12,13)14/h5-7,15H,4H2,1-3H3/t7-/m1/s1. The first-order valence-corrected chi connectivity index (χ1v) is 5.13. The van der Waals surface area contributed by atoms with Gasteiger partial charge < -0.3 is 5.32 Å². The molecule has 1 rings (SSSR count). The second-order valence-electron chi connectivity index (χ2n) is 3.65. The lowest BCUT2D eigenvalue weighted by molar-refractivity contribution is -0.141. The van der Waals surface area contributed by atoms with Crippen LogP contribution in [-0.2, 0) is 12.6 Å². The van der Waals surface area contributed by atoms with E-state index in [4.69, 9.17) is 0 Å². The van der Waals surface area contributed by atoms with Gasteiger partial charge in [0.1, 0.15) is 5.69 Å². The van der Waals surface area contributed by atoms with Gasteiger partial charge in [0.15, 0.2) is 0 Å². The van der Waals surface area contributed by atoms with E-state index in [-0.39, 0.29) is 6.04 Å². The first-order valence-electron chi connectivity index (χ1n) is 5.13. The molecule has 0 aliphatic heterocycles. The van der Waals surface area contributed by atoms with Gasteiger partial charge in [-0.25, -0.2) is 4.98 Å². The fourth-order valence-corrected chi connectivity index (χ4v) is 1.33. The predicted molar refractivity (Wildman–Crippen MR) is 56.1 cm³/mol. The van der Waals surface area contributed by atoms with Gasteiger partial charge in [0.25, 0.3) is 0 Å². The van der Waals surface area contributed by atoms with Gasteiger partial charge in [0.05, 0.1) is 5.69 Å². The summed E-state index contributed by atoms with van der Waals surface area (Å²) >= 11 is 0. The van der Waals surface area contributed by atoms with E-state index in [9.17, 15) is 13.2 Å². The fourth-order valence-electron chi connectivity index (χ4n) is 1.33. The maximum absolute atomic E-state index is 12.6. The number of alkyl halides is 3. The minimum atomic E-state index is -4.38. The lowest BCUT2D eigenvalue weighted by Crippen LogP contribution is -2.17. The quantitative estimate of drug-likeness (QED) is 0.866. The smallest absolute Gasteiger partial charge is 0.312 e. The van der Waals surface area contributed by atoms with Gasteiger partial charge in [-0.2, -0.15) is 13.2 Å². The number of aromatic nitrogens is 1. The first-order chi connectivity index (χ1) is 7.38. The molecule has 1 atom stereocenters. The molecule has 0 saturated heterocycles. The Labute approximate surface area is 92.9 Å². The molecular weight excluding hydrogens is 217 g/mol. The van der Waals surface area contributed by atoms with Crippen LogP contribution in [0.25, 0.3) is 0 Å². The lowest BCUT2D eigenvalue weighted by atomic mass is 10.1. The summed E-state index contributed by atoms with van der Waals surface area (Å²) in [5.74, 6) is 0. The van der Waals surface area contributed by atoms with E-state index in [0.29, 0.717) is 17.7 Å². The van der Waals surface area contributed by atoms with Gasteiger partial charge in [-0.1, -0.05) is 6.92 Å². The highest BCUT2D eigenvalue weighted by atomic mass is 19.4. The van der Waals surface area contributed by atoms with Gasteiger partial charge in [-0.05, 0) is 38.1 Å². The van der Waals surface area contributed by atoms with Crippen molar-refractivity contribution in [2.24, 2.45) is 0 Å². The summed E-state index contributed by atoms with van der Waals surface area (Å²) < 4.78 is 37.7. The van der Waals surface area contributed by atoms with E-state index >= 15 is 0 Å². The molecule has 0 aliphatic carbocycles. The summed E-state index contributed by atoms with van der Waals surface area (Å²) in [6.45, 7) is 3.60. The Morgan fingerprint density at radius 2 is 2.00 bits per heavy atom. The molecule has 0 spiro atoms. The molecule has 1 heterocycles. The summed E-state index contributed by atoms with van der Waals surface area (Å²) in [6.07, 6.45) is -3.82. The molecule has 0 amide bonds. The Hall–Kier alpha value is -1.10. The molecule has 16 heavy (non-hydrogen) atoms. The Morgan fingerprint density at radius 3 is 2.44 bits per heavy atom. The normalized spacial score (nSPS) is 13.9. The minimum absolute atomic E-state index is 0.187.